The Hall–Kier alpha value is -2.69. The van der Waals surface area contributed by atoms with E-state index in [4.69, 9.17) is 34.7 Å². The van der Waals surface area contributed by atoms with Gasteiger partial charge in [0.05, 0.1) is 30.3 Å². The van der Waals surface area contributed by atoms with Crippen molar-refractivity contribution in [3.8, 4) is 0 Å². The Labute approximate surface area is 326 Å². The van der Waals surface area contributed by atoms with Gasteiger partial charge in [0.2, 0.25) is 0 Å². The molecule has 17 heteroatoms. The summed E-state index contributed by atoms with van der Waals surface area (Å²) in [5, 5.41) is 24.7. The zero-order chi connectivity index (χ0) is 40.4. The van der Waals surface area contributed by atoms with Gasteiger partial charge in [-0.05, 0) is 40.5 Å². The monoisotopic (exact) mass is 798 g/mol. The zero-order valence-electron chi connectivity index (χ0n) is 33.6. The van der Waals surface area contributed by atoms with Gasteiger partial charge in [-0.3, -0.25) is 18.6 Å². The summed E-state index contributed by atoms with van der Waals surface area (Å²) in [5.41, 5.74) is 11.8. The van der Waals surface area contributed by atoms with E-state index in [1.165, 1.54) is 94.7 Å². The van der Waals surface area contributed by atoms with Crippen molar-refractivity contribution >= 4 is 36.5 Å². The van der Waals surface area contributed by atoms with E-state index in [1.54, 1.807) is 20.8 Å². The van der Waals surface area contributed by atoms with Gasteiger partial charge in [-0.25, -0.2) is 19.6 Å². The lowest BCUT2D eigenvalue weighted by atomic mass is 10.0. The number of aromatic nitrogens is 3. The highest BCUT2D eigenvalue weighted by molar-refractivity contribution is 7.51. The molecule has 0 aromatic carbocycles. The Morgan fingerprint density at radius 3 is 2.05 bits per heavy atom. The van der Waals surface area contributed by atoms with Crippen molar-refractivity contribution < 1.29 is 47.6 Å². The highest BCUT2D eigenvalue weighted by Crippen LogP contribution is 2.46. The van der Waals surface area contributed by atoms with Crippen LogP contribution >= 0.6 is 7.75 Å². The fraction of sp³-hybridized carbons (Fsp3) is 0.789. The largest absolute Gasteiger partial charge is 0.462 e. The molecular weight excluding hydrogens is 731 g/mol. The maximum atomic E-state index is 13.9. The van der Waals surface area contributed by atoms with Crippen molar-refractivity contribution in [1.29, 1.82) is 0 Å². The van der Waals surface area contributed by atoms with Crippen LogP contribution in [-0.2, 0) is 32.6 Å². The Bertz CT molecular complexity index is 1510. The third-order valence-corrected chi connectivity index (χ3v) is 11.2. The van der Waals surface area contributed by atoms with E-state index in [2.05, 4.69) is 22.0 Å². The van der Waals surface area contributed by atoms with E-state index < -0.39 is 62.9 Å². The molecule has 7 N–H and O–H groups in total. The predicted molar refractivity (Wildman–Crippen MR) is 210 cm³/mol. The molecule has 0 spiro atoms. The first-order valence-electron chi connectivity index (χ1n) is 20.2. The van der Waals surface area contributed by atoms with Crippen molar-refractivity contribution in [1.82, 2.24) is 19.6 Å². The topological polar surface area (TPSA) is 233 Å². The lowest BCUT2D eigenvalue weighted by Crippen LogP contribution is -2.37. The number of carbonyl (C=O) groups is 2. The van der Waals surface area contributed by atoms with Crippen molar-refractivity contribution in [2.24, 2.45) is 5.73 Å². The number of primary amides is 1. The van der Waals surface area contributed by atoms with Crippen molar-refractivity contribution in [2.45, 2.75) is 168 Å². The molecule has 1 aliphatic heterocycles. The molecule has 3 heterocycles. The molecule has 0 saturated carbocycles. The predicted octanol–water partition coefficient (Wildman–Crippen LogP) is 6.00. The molecule has 55 heavy (non-hydrogen) atoms. The summed E-state index contributed by atoms with van der Waals surface area (Å²) < 4.78 is 43.6. The van der Waals surface area contributed by atoms with Crippen LogP contribution in [0.1, 0.15) is 146 Å². The fourth-order valence-electron chi connectivity index (χ4n) is 6.52. The molecule has 1 saturated heterocycles. The standard InChI is InChI=1S/C38H67N6O10P/c1-6-7-8-9-10-11-12-13-14-15-16-17-18-19-21-50-22-20-23-51-55(49,43-27(4)38(48)53-26(2)3)52-25-30-32(45)33(46)37(54-30)44-24-29(35(40)47)31-34(39)41-28(5)42-36(31)44/h24,26-27,30,32-33,37,45-46H,6-23,25H2,1-5H3,(H2,40,47)(H,43,49)(H2,39,41,42)/t27-,30+,32+,33+,37+,55?/m0/s1. The molecule has 16 nitrogen and oxygen atoms in total. The van der Waals surface area contributed by atoms with E-state index in [-0.39, 0.29) is 29.0 Å². The minimum absolute atomic E-state index is 0.00503. The van der Waals surface area contributed by atoms with Gasteiger partial charge in [-0.1, -0.05) is 90.4 Å². The molecule has 314 valence electrons. The van der Waals surface area contributed by atoms with Crippen LogP contribution in [-0.4, -0.2) is 93.5 Å². The van der Waals surface area contributed by atoms with Crippen LogP contribution in [0, 0.1) is 6.92 Å². The lowest BCUT2D eigenvalue weighted by molar-refractivity contribution is -0.149. The molecular formula is C38H67N6O10P. The summed E-state index contributed by atoms with van der Waals surface area (Å²) >= 11 is 0. The van der Waals surface area contributed by atoms with Crippen LogP contribution in [0.4, 0.5) is 5.82 Å². The molecule has 3 rings (SSSR count). The van der Waals surface area contributed by atoms with Gasteiger partial charge in [0.25, 0.3) is 5.91 Å². The Morgan fingerprint density at radius 1 is 0.891 bits per heavy atom. The minimum Gasteiger partial charge on any atom is -0.462 e. The number of carbonyl (C=O) groups excluding carboxylic acids is 2. The molecule has 0 radical (unpaired) electrons. The Balaban J connectivity index is 1.46. The Morgan fingerprint density at radius 2 is 1.47 bits per heavy atom. The van der Waals surface area contributed by atoms with Crippen LogP contribution in [0.15, 0.2) is 6.20 Å². The molecule has 2 aromatic rings. The fourth-order valence-corrected chi connectivity index (χ4v) is 8.04. The molecule has 0 bridgehead atoms. The quantitative estimate of drug-likeness (QED) is 0.0361. The first-order chi connectivity index (χ1) is 26.3. The number of nitrogen functional groups attached to an aromatic ring is 1. The number of hydrogen-bond acceptors (Lipinski definition) is 13. The number of aryl methyl sites for hydroxylation is 1. The molecule has 6 atom stereocenters. The smallest absolute Gasteiger partial charge is 0.406 e. The van der Waals surface area contributed by atoms with Gasteiger partial charge in [0, 0.05) is 19.4 Å². The van der Waals surface area contributed by atoms with E-state index in [0.717, 1.165) is 12.8 Å². The van der Waals surface area contributed by atoms with Gasteiger partial charge >= 0.3 is 13.7 Å². The number of rotatable bonds is 29. The summed E-state index contributed by atoms with van der Waals surface area (Å²) in [4.78, 5) is 33.2. The number of ether oxygens (including phenoxy) is 3. The number of fused-ring (bicyclic) bond motifs is 1. The van der Waals surface area contributed by atoms with Crippen LogP contribution in [0.3, 0.4) is 0 Å². The third-order valence-electron chi connectivity index (χ3n) is 9.49. The number of nitrogens with zero attached hydrogens (tertiary/aromatic N) is 3. The number of amides is 1. The number of anilines is 1. The second-order valence-electron chi connectivity index (χ2n) is 14.7. The summed E-state index contributed by atoms with van der Waals surface area (Å²) in [6.45, 7) is 9.20. The average Bonchev–Trinajstić information content (AvgIpc) is 3.64. The van der Waals surface area contributed by atoms with Crippen LogP contribution in [0.25, 0.3) is 11.0 Å². The lowest BCUT2D eigenvalue weighted by Gasteiger charge is -2.24. The van der Waals surface area contributed by atoms with E-state index in [9.17, 15) is 24.4 Å². The van der Waals surface area contributed by atoms with Crippen LogP contribution in [0.2, 0.25) is 0 Å². The van der Waals surface area contributed by atoms with E-state index in [1.807, 2.05) is 0 Å². The number of nitrogens with one attached hydrogen (secondary N) is 1. The van der Waals surface area contributed by atoms with E-state index >= 15 is 0 Å². The number of aliphatic hydroxyl groups is 2. The maximum Gasteiger partial charge on any atom is 0.406 e. The molecule has 1 fully saturated rings. The summed E-state index contributed by atoms with van der Waals surface area (Å²) in [6, 6.07) is -1.07. The average molecular weight is 799 g/mol. The van der Waals surface area contributed by atoms with Crippen molar-refractivity contribution in [3.63, 3.8) is 0 Å². The summed E-state index contributed by atoms with van der Waals surface area (Å²) in [6.07, 6.45) is 13.8. The first kappa shape index (κ1) is 46.7. The van der Waals surface area contributed by atoms with Crippen LogP contribution in [0.5, 0.6) is 0 Å². The highest BCUT2D eigenvalue weighted by Gasteiger charge is 2.46. The molecule has 0 aliphatic carbocycles. The van der Waals surface area contributed by atoms with E-state index in [0.29, 0.717) is 25.5 Å². The van der Waals surface area contributed by atoms with Gasteiger partial charge in [-0.2, -0.15) is 0 Å². The number of hydrogen-bond donors (Lipinski definition) is 5. The Kier molecular flexibility index (Phi) is 20.5. The molecule has 1 amide bonds. The second-order valence-corrected chi connectivity index (χ2v) is 16.5. The van der Waals surface area contributed by atoms with Gasteiger partial charge in [-0.15, -0.1) is 0 Å². The van der Waals surface area contributed by atoms with Gasteiger partial charge in [0.1, 0.15) is 41.6 Å². The normalized spacial score (nSPS) is 20.3. The summed E-state index contributed by atoms with van der Waals surface area (Å²) in [7, 11) is -4.20. The van der Waals surface area contributed by atoms with Crippen molar-refractivity contribution in [2.75, 3.05) is 32.2 Å². The minimum atomic E-state index is -4.20. The number of unbranched alkanes of at least 4 members (excludes halogenated alkanes) is 13. The van der Waals surface area contributed by atoms with Crippen LogP contribution < -0.4 is 16.6 Å². The maximum absolute atomic E-state index is 13.9. The number of aliphatic hydroxyl groups excluding tert-OH is 2. The SMILES string of the molecule is CCCCCCCCCCCCCCCCOCCCOP(=O)(N[C@@H](C)C(=O)OC(C)C)OC[C@H]1O[C@@H](n2cc(C(N)=O)c3c(N)nc(C)nc32)[C@H](O)[C@@H]1O. The van der Waals surface area contributed by atoms with Gasteiger partial charge < -0.3 is 40.5 Å². The van der Waals surface area contributed by atoms with Gasteiger partial charge in [0.15, 0.2) is 6.23 Å². The van der Waals surface area contributed by atoms with Crippen molar-refractivity contribution in [3.05, 3.63) is 17.6 Å². The highest BCUT2D eigenvalue weighted by atomic mass is 31.2. The summed E-state index contributed by atoms with van der Waals surface area (Å²) in [5.74, 6) is -1.15. The number of esters is 1. The third kappa shape index (κ3) is 15.3. The molecule has 1 aliphatic rings. The molecule has 2 aromatic heterocycles. The second kappa shape index (κ2) is 24.2. The zero-order valence-corrected chi connectivity index (χ0v) is 34.5. The molecule has 1 unspecified atom stereocenters. The first-order valence-corrected chi connectivity index (χ1v) is 21.7. The number of nitrogens with two attached hydrogens (primary N) is 2.